The molecule has 0 aliphatic heterocycles. The Hall–Kier alpha value is -0.0500. The topological polar surface area (TPSA) is 29.1 Å². The lowest BCUT2D eigenvalue weighted by Gasteiger charge is -2.12. The SMILES string of the molecule is O=C(CC1CCCC1)NCC(Br)C1CC1. The van der Waals surface area contributed by atoms with Crippen LogP contribution in [0.3, 0.4) is 0 Å². The van der Waals surface area contributed by atoms with Crippen molar-refractivity contribution in [3.63, 3.8) is 0 Å². The first-order valence-corrected chi connectivity index (χ1v) is 7.08. The highest BCUT2D eigenvalue weighted by atomic mass is 79.9. The number of amides is 1. The highest BCUT2D eigenvalue weighted by Gasteiger charge is 2.29. The Bertz CT molecular complexity index is 222. The molecule has 0 spiro atoms. The van der Waals surface area contributed by atoms with Gasteiger partial charge in [0.2, 0.25) is 5.91 Å². The van der Waals surface area contributed by atoms with Gasteiger partial charge in [-0.15, -0.1) is 0 Å². The Balaban J connectivity index is 1.59. The molecule has 2 fully saturated rings. The summed E-state index contributed by atoms with van der Waals surface area (Å²) in [6.45, 7) is 0.816. The van der Waals surface area contributed by atoms with Crippen LogP contribution < -0.4 is 5.32 Å². The third kappa shape index (κ3) is 3.78. The summed E-state index contributed by atoms with van der Waals surface area (Å²) in [6, 6.07) is 0. The molecule has 0 aromatic carbocycles. The predicted octanol–water partition coefficient (Wildman–Crippen LogP) is 2.86. The molecule has 0 saturated heterocycles. The average Bonchev–Trinajstić information content (AvgIpc) is 2.95. The third-order valence-corrected chi connectivity index (χ3v) is 4.65. The normalized spacial score (nSPS) is 24.1. The van der Waals surface area contributed by atoms with Crippen LogP contribution in [0.2, 0.25) is 0 Å². The molecule has 2 nitrogen and oxygen atoms in total. The number of carbonyl (C=O) groups excluding carboxylic acids is 1. The van der Waals surface area contributed by atoms with Crippen LogP contribution in [0.1, 0.15) is 44.9 Å². The Labute approximate surface area is 100 Å². The summed E-state index contributed by atoms with van der Waals surface area (Å²) in [5, 5.41) is 3.04. The lowest BCUT2D eigenvalue weighted by atomic mass is 10.0. The van der Waals surface area contributed by atoms with Crippen molar-refractivity contribution < 1.29 is 4.79 Å². The molecule has 0 radical (unpaired) electrons. The van der Waals surface area contributed by atoms with Crippen LogP contribution >= 0.6 is 15.9 Å². The largest absolute Gasteiger partial charge is 0.355 e. The smallest absolute Gasteiger partial charge is 0.220 e. The molecule has 1 unspecified atom stereocenters. The van der Waals surface area contributed by atoms with E-state index >= 15 is 0 Å². The lowest BCUT2D eigenvalue weighted by Crippen LogP contribution is -2.31. The Kier molecular flexibility index (Phi) is 4.06. The number of nitrogens with one attached hydrogen (secondary N) is 1. The van der Waals surface area contributed by atoms with Crippen LogP contribution in [0.25, 0.3) is 0 Å². The lowest BCUT2D eigenvalue weighted by molar-refractivity contribution is -0.121. The number of hydrogen-bond acceptors (Lipinski definition) is 1. The highest BCUT2D eigenvalue weighted by Crippen LogP contribution is 2.36. The van der Waals surface area contributed by atoms with Crippen molar-refractivity contribution >= 4 is 21.8 Å². The molecule has 0 aromatic rings. The van der Waals surface area contributed by atoms with E-state index in [1.165, 1.54) is 38.5 Å². The van der Waals surface area contributed by atoms with E-state index in [0.717, 1.165) is 18.9 Å². The summed E-state index contributed by atoms with van der Waals surface area (Å²) in [4.78, 5) is 12.1. The Morgan fingerprint density at radius 3 is 2.53 bits per heavy atom. The van der Waals surface area contributed by atoms with Crippen molar-refractivity contribution in [2.24, 2.45) is 11.8 Å². The van der Waals surface area contributed by atoms with Gasteiger partial charge < -0.3 is 5.32 Å². The first-order valence-electron chi connectivity index (χ1n) is 6.16. The van der Waals surface area contributed by atoms with Crippen LogP contribution in [-0.4, -0.2) is 17.3 Å². The molecule has 3 heteroatoms. The molecule has 2 rings (SSSR count). The van der Waals surface area contributed by atoms with Gasteiger partial charge in [-0.3, -0.25) is 4.79 Å². The highest BCUT2D eigenvalue weighted by molar-refractivity contribution is 9.09. The van der Waals surface area contributed by atoms with Crippen LogP contribution in [-0.2, 0) is 4.79 Å². The quantitative estimate of drug-likeness (QED) is 0.767. The van der Waals surface area contributed by atoms with Gasteiger partial charge in [0.1, 0.15) is 0 Å². The summed E-state index contributed by atoms with van der Waals surface area (Å²) in [7, 11) is 0. The molecule has 2 saturated carbocycles. The predicted molar refractivity (Wildman–Crippen MR) is 65.0 cm³/mol. The minimum atomic E-state index is 0.256. The first-order chi connectivity index (χ1) is 7.25. The van der Waals surface area contributed by atoms with Gasteiger partial charge in [0.15, 0.2) is 0 Å². The van der Waals surface area contributed by atoms with Gasteiger partial charge in [0.05, 0.1) is 0 Å². The minimum Gasteiger partial charge on any atom is -0.355 e. The molecule has 1 amide bonds. The molecule has 0 aromatic heterocycles. The van der Waals surface area contributed by atoms with Gasteiger partial charge in [-0.1, -0.05) is 28.8 Å². The molecular formula is C12H20BrNO. The summed E-state index contributed by atoms with van der Waals surface area (Å²) in [6.07, 6.45) is 8.57. The maximum atomic E-state index is 11.6. The summed E-state index contributed by atoms with van der Waals surface area (Å²) in [5.74, 6) is 1.74. The van der Waals surface area contributed by atoms with Crippen molar-refractivity contribution in [1.82, 2.24) is 5.32 Å². The van der Waals surface area contributed by atoms with Gasteiger partial charge in [-0.25, -0.2) is 0 Å². The summed E-state index contributed by atoms with van der Waals surface area (Å²) in [5.41, 5.74) is 0. The minimum absolute atomic E-state index is 0.256. The second-order valence-corrected chi connectivity index (χ2v) is 6.19. The number of halogens is 1. The van der Waals surface area contributed by atoms with Crippen molar-refractivity contribution in [1.29, 1.82) is 0 Å². The van der Waals surface area contributed by atoms with E-state index in [9.17, 15) is 4.79 Å². The van der Waals surface area contributed by atoms with E-state index in [0.29, 0.717) is 10.7 Å². The van der Waals surface area contributed by atoms with Gasteiger partial charge in [-0.2, -0.15) is 0 Å². The molecule has 1 N–H and O–H groups in total. The molecule has 1 atom stereocenters. The van der Waals surface area contributed by atoms with Gasteiger partial charge >= 0.3 is 0 Å². The van der Waals surface area contributed by atoms with E-state index in [2.05, 4.69) is 21.2 Å². The van der Waals surface area contributed by atoms with E-state index < -0.39 is 0 Å². The van der Waals surface area contributed by atoms with E-state index in [1.54, 1.807) is 0 Å². The molecule has 2 aliphatic rings. The number of alkyl halides is 1. The third-order valence-electron chi connectivity index (χ3n) is 3.58. The van der Waals surface area contributed by atoms with Gasteiger partial charge in [0.25, 0.3) is 0 Å². The molecule has 2 aliphatic carbocycles. The van der Waals surface area contributed by atoms with E-state index in [1.807, 2.05) is 0 Å². The zero-order chi connectivity index (χ0) is 10.7. The van der Waals surface area contributed by atoms with Crippen molar-refractivity contribution in [3.05, 3.63) is 0 Å². The molecular weight excluding hydrogens is 254 g/mol. The van der Waals surface area contributed by atoms with Crippen LogP contribution in [0.5, 0.6) is 0 Å². The van der Waals surface area contributed by atoms with Crippen LogP contribution in [0, 0.1) is 11.8 Å². The molecule has 0 heterocycles. The van der Waals surface area contributed by atoms with E-state index in [4.69, 9.17) is 0 Å². The summed E-state index contributed by atoms with van der Waals surface area (Å²) < 4.78 is 0. The number of carbonyl (C=O) groups is 1. The first kappa shape index (κ1) is 11.4. The zero-order valence-electron chi connectivity index (χ0n) is 9.18. The van der Waals surface area contributed by atoms with Crippen molar-refractivity contribution in [3.8, 4) is 0 Å². The van der Waals surface area contributed by atoms with Crippen LogP contribution in [0.4, 0.5) is 0 Å². The number of hydrogen-bond donors (Lipinski definition) is 1. The zero-order valence-corrected chi connectivity index (χ0v) is 10.8. The molecule has 0 bridgehead atoms. The van der Waals surface area contributed by atoms with Gasteiger partial charge in [0, 0.05) is 17.8 Å². The second-order valence-electron chi connectivity index (χ2n) is 5.01. The van der Waals surface area contributed by atoms with E-state index in [-0.39, 0.29) is 5.91 Å². The fourth-order valence-electron chi connectivity index (χ4n) is 2.38. The summed E-state index contributed by atoms with van der Waals surface area (Å²) >= 11 is 3.63. The maximum absolute atomic E-state index is 11.6. The van der Waals surface area contributed by atoms with Gasteiger partial charge in [-0.05, 0) is 37.5 Å². The second kappa shape index (κ2) is 5.33. The standard InChI is InChI=1S/C12H20BrNO/c13-11(10-5-6-10)8-14-12(15)7-9-3-1-2-4-9/h9-11H,1-8H2,(H,14,15). The average molecular weight is 274 g/mol. The van der Waals surface area contributed by atoms with Crippen LogP contribution in [0.15, 0.2) is 0 Å². The molecule has 15 heavy (non-hydrogen) atoms. The van der Waals surface area contributed by atoms with Crippen molar-refractivity contribution in [2.75, 3.05) is 6.54 Å². The number of rotatable bonds is 5. The fraction of sp³-hybridized carbons (Fsp3) is 0.917. The fourth-order valence-corrected chi connectivity index (χ4v) is 3.08. The Morgan fingerprint density at radius 2 is 1.93 bits per heavy atom. The monoisotopic (exact) mass is 273 g/mol. The van der Waals surface area contributed by atoms with Crippen molar-refractivity contribution in [2.45, 2.75) is 49.8 Å². The Morgan fingerprint density at radius 1 is 1.27 bits per heavy atom. The maximum Gasteiger partial charge on any atom is 0.220 e. The molecule has 86 valence electrons.